The van der Waals surface area contributed by atoms with Crippen molar-refractivity contribution in [3.05, 3.63) is 29.8 Å². The molecule has 108 valence electrons. The molecule has 20 heavy (non-hydrogen) atoms. The van der Waals surface area contributed by atoms with E-state index in [-0.39, 0.29) is 5.91 Å². The number of nitrogens with one attached hydrogen (secondary N) is 1. The minimum atomic E-state index is -0.0171. The van der Waals surface area contributed by atoms with Crippen molar-refractivity contribution in [2.45, 2.75) is 26.7 Å². The maximum Gasteiger partial charge on any atom is 0.225 e. The molecular formula is C16H23N3O. The predicted molar refractivity (Wildman–Crippen MR) is 81.4 cm³/mol. The average Bonchev–Trinajstić information content (AvgIpc) is 2.43. The van der Waals surface area contributed by atoms with Crippen molar-refractivity contribution in [2.75, 3.05) is 25.5 Å². The first kappa shape index (κ1) is 16.2. The molecule has 1 amide bonds. The van der Waals surface area contributed by atoms with Gasteiger partial charge < -0.3 is 10.2 Å². The van der Waals surface area contributed by atoms with Crippen LogP contribution in [0.25, 0.3) is 0 Å². The van der Waals surface area contributed by atoms with Gasteiger partial charge in [-0.3, -0.25) is 4.79 Å². The van der Waals surface area contributed by atoms with Crippen molar-refractivity contribution in [3.63, 3.8) is 0 Å². The molecular weight excluding hydrogens is 250 g/mol. The van der Waals surface area contributed by atoms with Crippen LogP contribution in [0.2, 0.25) is 0 Å². The molecule has 0 aromatic heterocycles. The predicted octanol–water partition coefficient (Wildman–Crippen LogP) is 2.86. The van der Waals surface area contributed by atoms with Crippen LogP contribution in [0, 0.1) is 17.2 Å². The van der Waals surface area contributed by atoms with Crippen LogP contribution >= 0.6 is 0 Å². The zero-order valence-corrected chi connectivity index (χ0v) is 12.5. The second-order valence-electron chi connectivity index (χ2n) is 5.48. The third kappa shape index (κ3) is 6.35. The van der Waals surface area contributed by atoms with E-state index < -0.39 is 0 Å². The maximum absolute atomic E-state index is 11.8. The number of nitriles is 1. The topological polar surface area (TPSA) is 56.1 Å². The van der Waals surface area contributed by atoms with Crippen LogP contribution < -0.4 is 5.32 Å². The Kier molecular flexibility index (Phi) is 6.75. The summed E-state index contributed by atoms with van der Waals surface area (Å²) >= 11 is 0. The second-order valence-corrected chi connectivity index (χ2v) is 5.48. The Bertz CT molecular complexity index is 477. The minimum Gasteiger partial charge on any atom is -0.326 e. The summed E-state index contributed by atoms with van der Waals surface area (Å²) in [5.74, 6) is 0.663. The Morgan fingerprint density at radius 2 is 2.15 bits per heavy atom. The molecule has 0 saturated carbocycles. The van der Waals surface area contributed by atoms with Gasteiger partial charge in [0.1, 0.15) is 0 Å². The van der Waals surface area contributed by atoms with E-state index in [1.54, 1.807) is 24.3 Å². The van der Waals surface area contributed by atoms with E-state index in [2.05, 4.69) is 30.1 Å². The monoisotopic (exact) mass is 273 g/mol. The van der Waals surface area contributed by atoms with Crippen molar-refractivity contribution < 1.29 is 4.79 Å². The summed E-state index contributed by atoms with van der Waals surface area (Å²) < 4.78 is 0. The summed E-state index contributed by atoms with van der Waals surface area (Å²) in [5, 5.41) is 11.6. The van der Waals surface area contributed by atoms with Gasteiger partial charge in [0.2, 0.25) is 5.91 Å². The molecule has 0 fully saturated rings. The van der Waals surface area contributed by atoms with E-state index in [9.17, 15) is 4.79 Å². The van der Waals surface area contributed by atoms with Crippen molar-refractivity contribution in [3.8, 4) is 6.07 Å². The van der Waals surface area contributed by atoms with Crippen LogP contribution in [0.3, 0.4) is 0 Å². The number of hydrogen-bond acceptors (Lipinski definition) is 3. The normalized spacial score (nSPS) is 10.6. The molecule has 1 aromatic rings. The third-order valence-electron chi connectivity index (χ3n) is 3.08. The van der Waals surface area contributed by atoms with E-state index in [0.717, 1.165) is 19.5 Å². The summed E-state index contributed by atoms with van der Waals surface area (Å²) in [6.45, 7) is 6.15. The number of amides is 1. The molecule has 0 bridgehead atoms. The summed E-state index contributed by atoms with van der Waals surface area (Å²) in [7, 11) is 2.03. The highest BCUT2D eigenvalue weighted by Crippen LogP contribution is 2.10. The zero-order valence-electron chi connectivity index (χ0n) is 12.5. The molecule has 4 nitrogen and oxygen atoms in total. The Balaban J connectivity index is 2.34. The van der Waals surface area contributed by atoms with Crippen LogP contribution in [0.4, 0.5) is 5.69 Å². The lowest BCUT2D eigenvalue weighted by molar-refractivity contribution is -0.116. The highest BCUT2D eigenvalue weighted by molar-refractivity contribution is 5.90. The third-order valence-corrected chi connectivity index (χ3v) is 3.08. The summed E-state index contributed by atoms with van der Waals surface area (Å²) in [4.78, 5) is 14.0. The number of benzene rings is 1. The van der Waals surface area contributed by atoms with Crippen LogP contribution in [-0.4, -0.2) is 30.9 Å². The lowest BCUT2D eigenvalue weighted by Gasteiger charge is -2.17. The number of hydrogen-bond donors (Lipinski definition) is 1. The van der Waals surface area contributed by atoms with Crippen molar-refractivity contribution in [1.29, 1.82) is 5.26 Å². The Morgan fingerprint density at radius 3 is 2.80 bits per heavy atom. The molecule has 0 aliphatic carbocycles. The van der Waals surface area contributed by atoms with Crippen molar-refractivity contribution in [1.82, 2.24) is 4.90 Å². The Hall–Kier alpha value is -1.86. The molecule has 0 unspecified atom stereocenters. The van der Waals surface area contributed by atoms with Gasteiger partial charge in [0.15, 0.2) is 0 Å². The average molecular weight is 273 g/mol. The van der Waals surface area contributed by atoms with Gasteiger partial charge in [-0.2, -0.15) is 5.26 Å². The molecule has 4 heteroatoms. The van der Waals surface area contributed by atoms with Crippen LogP contribution in [0.1, 0.15) is 32.3 Å². The summed E-state index contributed by atoms with van der Waals surface area (Å²) in [6, 6.07) is 9.02. The summed E-state index contributed by atoms with van der Waals surface area (Å²) in [5.41, 5.74) is 1.23. The number of rotatable bonds is 7. The maximum atomic E-state index is 11.8. The Morgan fingerprint density at radius 1 is 1.40 bits per heavy atom. The van der Waals surface area contributed by atoms with Gasteiger partial charge >= 0.3 is 0 Å². The molecule has 0 heterocycles. The Labute approximate surface area is 121 Å². The van der Waals surface area contributed by atoms with Gasteiger partial charge in [0, 0.05) is 18.7 Å². The van der Waals surface area contributed by atoms with Crippen LogP contribution in [0.15, 0.2) is 24.3 Å². The van der Waals surface area contributed by atoms with Gasteiger partial charge in [0.25, 0.3) is 0 Å². The lowest BCUT2D eigenvalue weighted by atomic mass is 10.1. The smallest absolute Gasteiger partial charge is 0.225 e. The number of carbonyl (C=O) groups is 1. The molecule has 0 aliphatic rings. The van der Waals surface area contributed by atoms with Gasteiger partial charge in [-0.15, -0.1) is 0 Å². The first-order valence-corrected chi connectivity index (χ1v) is 7.00. The van der Waals surface area contributed by atoms with E-state index >= 15 is 0 Å². The van der Waals surface area contributed by atoms with Crippen LogP contribution in [0.5, 0.6) is 0 Å². The molecule has 0 radical (unpaired) electrons. The zero-order chi connectivity index (χ0) is 15.0. The molecule has 1 aromatic carbocycles. The van der Waals surface area contributed by atoms with Gasteiger partial charge in [0.05, 0.1) is 11.6 Å². The quantitative estimate of drug-likeness (QED) is 0.831. The lowest BCUT2D eigenvalue weighted by Crippen LogP contribution is -2.25. The number of anilines is 1. The van der Waals surface area contributed by atoms with Gasteiger partial charge in [-0.1, -0.05) is 19.9 Å². The van der Waals surface area contributed by atoms with Crippen molar-refractivity contribution >= 4 is 11.6 Å². The molecule has 0 aliphatic heterocycles. The highest BCUT2D eigenvalue weighted by Gasteiger charge is 2.06. The molecule has 1 rings (SSSR count). The molecule has 0 spiro atoms. The van der Waals surface area contributed by atoms with E-state index in [4.69, 9.17) is 5.26 Å². The minimum absolute atomic E-state index is 0.0171. The molecule has 1 N–H and O–H groups in total. The fourth-order valence-corrected chi connectivity index (χ4v) is 1.77. The van der Waals surface area contributed by atoms with Crippen LogP contribution in [-0.2, 0) is 4.79 Å². The van der Waals surface area contributed by atoms with E-state index in [1.165, 1.54) is 0 Å². The van der Waals surface area contributed by atoms with Gasteiger partial charge in [-0.05, 0) is 44.1 Å². The number of carbonyl (C=O) groups excluding carboxylic acids is 1. The fourth-order valence-electron chi connectivity index (χ4n) is 1.77. The van der Waals surface area contributed by atoms with Gasteiger partial charge in [-0.25, -0.2) is 0 Å². The highest BCUT2D eigenvalue weighted by atomic mass is 16.1. The standard InChI is InChI=1S/C16H23N3O/c1-13(2)7-9-19(3)10-8-16(20)18-15-6-4-5-14(11-15)12-17/h4-6,11,13H,7-10H2,1-3H3,(H,18,20). The van der Waals surface area contributed by atoms with E-state index in [1.807, 2.05) is 7.05 Å². The number of nitrogens with zero attached hydrogens (tertiary/aromatic N) is 2. The van der Waals surface area contributed by atoms with Crippen molar-refractivity contribution in [2.24, 2.45) is 5.92 Å². The van der Waals surface area contributed by atoms with E-state index in [0.29, 0.717) is 23.6 Å². The first-order chi connectivity index (χ1) is 9.51. The fraction of sp³-hybridized carbons (Fsp3) is 0.500. The summed E-state index contributed by atoms with van der Waals surface area (Å²) in [6.07, 6.45) is 1.60. The molecule has 0 atom stereocenters. The molecule has 0 saturated heterocycles. The second kappa shape index (κ2) is 8.34. The SMILES string of the molecule is CC(C)CCN(C)CCC(=O)Nc1cccc(C#N)c1. The first-order valence-electron chi connectivity index (χ1n) is 7.00. The largest absolute Gasteiger partial charge is 0.326 e.